The van der Waals surface area contributed by atoms with Crippen LogP contribution in [0.25, 0.3) is 0 Å². The Hall–Kier alpha value is -2.25. The molecule has 1 fully saturated rings. The summed E-state index contributed by atoms with van der Waals surface area (Å²) in [6, 6.07) is 11.7. The van der Waals surface area contributed by atoms with Gasteiger partial charge in [0.05, 0.1) is 10.6 Å². The van der Waals surface area contributed by atoms with Gasteiger partial charge in [0.2, 0.25) is 10.0 Å². The first-order valence-electron chi connectivity index (χ1n) is 8.64. The fourth-order valence-electron chi connectivity index (χ4n) is 2.99. The Balaban J connectivity index is 1.83. The summed E-state index contributed by atoms with van der Waals surface area (Å²) in [6.07, 6.45) is 3.73. The van der Waals surface area contributed by atoms with Crippen LogP contribution in [-0.4, -0.2) is 31.7 Å². The fraction of sp³-hybridized carbons (Fsp3) is 0.316. The summed E-state index contributed by atoms with van der Waals surface area (Å²) in [5.74, 6) is -1.10. The number of halogens is 1. The van der Waals surface area contributed by atoms with Crippen LogP contribution in [0, 0.1) is 5.82 Å². The Morgan fingerprint density at radius 1 is 0.962 bits per heavy atom. The molecule has 1 aliphatic heterocycles. The third-order valence-electron chi connectivity index (χ3n) is 4.42. The average Bonchev–Trinajstić information content (AvgIpc) is 2.94. The van der Waals surface area contributed by atoms with E-state index in [2.05, 4.69) is 5.32 Å². The number of rotatable bonds is 4. The van der Waals surface area contributed by atoms with Crippen LogP contribution >= 0.6 is 0 Å². The second kappa shape index (κ2) is 7.97. The lowest BCUT2D eigenvalue weighted by atomic mass is 10.2. The van der Waals surface area contributed by atoms with Crippen LogP contribution in [0.3, 0.4) is 0 Å². The third kappa shape index (κ3) is 4.11. The van der Waals surface area contributed by atoms with Crippen molar-refractivity contribution in [3.05, 3.63) is 59.9 Å². The number of nitrogens with zero attached hydrogens (tertiary/aromatic N) is 1. The second-order valence-corrected chi connectivity index (χ2v) is 8.22. The van der Waals surface area contributed by atoms with Gasteiger partial charge >= 0.3 is 0 Å². The van der Waals surface area contributed by atoms with E-state index in [9.17, 15) is 17.6 Å². The number of anilines is 1. The van der Waals surface area contributed by atoms with Crippen LogP contribution in [-0.2, 0) is 10.0 Å². The molecule has 138 valence electrons. The van der Waals surface area contributed by atoms with Crippen molar-refractivity contribution in [2.75, 3.05) is 18.4 Å². The molecule has 1 N–H and O–H groups in total. The zero-order chi connectivity index (χ0) is 18.6. The van der Waals surface area contributed by atoms with Crippen molar-refractivity contribution in [3.8, 4) is 0 Å². The minimum Gasteiger partial charge on any atom is -0.319 e. The molecule has 0 unspecified atom stereocenters. The van der Waals surface area contributed by atoms with Gasteiger partial charge in [-0.15, -0.1) is 0 Å². The lowest BCUT2D eigenvalue weighted by Gasteiger charge is -2.20. The Morgan fingerprint density at radius 2 is 1.65 bits per heavy atom. The highest BCUT2D eigenvalue weighted by Gasteiger charge is 2.25. The summed E-state index contributed by atoms with van der Waals surface area (Å²) in [5, 5.41) is 2.47. The molecule has 1 amide bonds. The van der Waals surface area contributed by atoms with Crippen LogP contribution in [0.5, 0.6) is 0 Å². The van der Waals surface area contributed by atoms with Gasteiger partial charge in [-0.3, -0.25) is 4.79 Å². The number of nitrogens with one attached hydrogen (secondary N) is 1. The molecule has 26 heavy (non-hydrogen) atoms. The Bertz CT molecular complexity index is 891. The van der Waals surface area contributed by atoms with Crippen LogP contribution in [0.15, 0.2) is 53.4 Å². The van der Waals surface area contributed by atoms with E-state index >= 15 is 0 Å². The average molecular weight is 376 g/mol. The van der Waals surface area contributed by atoms with Crippen LogP contribution in [0.1, 0.15) is 36.0 Å². The monoisotopic (exact) mass is 376 g/mol. The van der Waals surface area contributed by atoms with Gasteiger partial charge in [0.25, 0.3) is 5.91 Å². The van der Waals surface area contributed by atoms with Crippen LogP contribution in [0.4, 0.5) is 10.1 Å². The summed E-state index contributed by atoms with van der Waals surface area (Å²) < 4.78 is 40.9. The number of carbonyl (C=O) groups is 1. The van der Waals surface area contributed by atoms with Crippen molar-refractivity contribution < 1.29 is 17.6 Å². The zero-order valence-electron chi connectivity index (χ0n) is 14.3. The van der Waals surface area contributed by atoms with E-state index in [-0.39, 0.29) is 16.1 Å². The molecule has 1 aliphatic rings. The van der Waals surface area contributed by atoms with Crippen molar-refractivity contribution in [2.24, 2.45) is 0 Å². The SMILES string of the molecule is O=C(Nc1ccccc1F)c1cccc(S(=O)(=O)N2CCCCCC2)c1. The molecule has 3 rings (SSSR count). The summed E-state index contributed by atoms with van der Waals surface area (Å²) >= 11 is 0. The number of hydrogen-bond donors (Lipinski definition) is 1. The van der Waals surface area contributed by atoms with Gasteiger partial charge in [-0.1, -0.05) is 31.0 Å². The van der Waals surface area contributed by atoms with E-state index in [1.807, 2.05) is 0 Å². The molecule has 0 saturated carbocycles. The number of hydrogen-bond acceptors (Lipinski definition) is 3. The van der Waals surface area contributed by atoms with Crippen molar-refractivity contribution in [1.29, 1.82) is 0 Å². The van der Waals surface area contributed by atoms with Gasteiger partial charge in [-0.25, -0.2) is 12.8 Å². The molecular weight excluding hydrogens is 355 g/mol. The summed E-state index contributed by atoms with van der Waals surface area (Å²) in [4.78, 5) is 12.5. The number of para-hydroxylation sites is 1. The maximum absolute atomic E-state index is 13.7. The molecule has 0 atom stereocenters. The van der Waals surface area contributed by atoms with Crippen LogP contribution in [0.2, 0.25) is 0 Å². The predicted molar refractivity (Wildman–Crippen MR) is 98.0 cm³/mol. The number of carbonyl (C=O) groups excluding carboxylic acids is 1. The van der Waals surface area contributed by atoms with Gasteiger partial charge < -0.3 is 5.32 Å². The molecule has 0 spiro atoms. The first-order chi connectivity index (χ1) is 12.5. The minimum absolute atomic E-state index is 0.0540. The molecule has 0 bridgehead atoms. The van der Waals surface area contributed by atoms with Gasteiger partial charge in [-0.2, -0.15) is 4.31 Å². The highest BCUT2D eigenvalue weighted by molar-refractivity contribution is 7.89. The molecule has 0 aromatic heterocycles. The zero-order valence-corrected chi connectivity index (χ0v) is 15.1. The van der Waals surface area contributed by atoms with E-state index in [0.29, 0.717) is 13.1 Å². The topological polar surface area (TPSA) is 66.5 Å². The molecule has 1 saturated heterocycles. The molecule has 7 heteroatoms. The minimum atomic E-state index is -3.64. The Kier molecular flexibility index (Phi) is 5.68. The quantitative estimate of drug-likeness (QED) is 0.886. The summed E-state index contributed by atoms with van der Waals surface area (Å²) in [7, 11) is -3.64. The van der Waals surface area contributed by atoms with Gasteiger partial charge in [0, 0.05) is 18.7 Å². The third-order valence-corrected chi connectivity index (χ3v) is 6.32. The van der Waals surface area contributed by atoms with Crippen molar-refractivity contribution >= 4 is 21.6 Å². The maximum atomic E-state index is 13.7. The van der Waals surface area contributed by atoms with E-state index in [0.717, 1.165) is 25.7 Å². The number of benzene rings is 2. The summed E-state index contributed by atoms with van der Waals surface area (Å²) in [5.41, 5.74) is 0.224. The van der Waals surface area contributed by atoms with E-state index < -0.39 is 21.7 Å². The van der Waals surface area contributed by atoms with E-state index in [1.165, 1.54) is 46.8 Å². The maximum Gasteiger partial charge on any atom is 0.255 e. The lowest BCUT2D eigenvalue weighted by Crippen LogP contribution is -2.32. The van der Waals surface area contributed by atoms with Gasteiger partial charge in [0.15, 0.2) is 0 Å². The highest BCUT2D eigenvalue weighted by atomic mass is 32.2. The first-order valence-corrected chi connectivity index (χ1v) is 10.1. The first kappa shape index (κ1) is 18.5. The second-order valence-electron chi connectivity index (χ2n) is 6.28. The normalized spacial score (nSPS) is 16.0. The molecule has 5 nitrogen and oxygen atoms in total. The lowest BCUT2D eigenvalue weighted by molar-refractivity contribution is 0.102. The van der Waals surface area contributed by atoms with Crippen LogP contribution < -0.4 is 5.32 Å². The largest absolute Gasteiger partial charge is 0.319 e. The van der Waals surface area contributed by atoms with E-state index in [4.69, 9.17) is 0 Å². The van der Waals surface area contributed by atoms with Crippen molar-refractivity contribution in [2.45, 2.75) is 30.6 Å². The van der Waals surface area contributed by atoms with E-state index in [1.54, 1.807) is 6.07 Å². The molecule has 2 aromatic carbocycles. The Morgan fingerprint density at radius 3 is 2.35 bits per heavy atom. The van der Waals surface area contributed by atoms with Crippen molar-refractivity contribution in [3.63, 3.8) is 0 Å². The molecule has 0 aliphatic carbocycles. The van der Waals surface area contributed by atoms with Crippen molar-refractivity contribution in [1.82, 2.24) is 4.31 Å². The molecular formula is C19H21FN2O3S. The van der Waals surface area contributed by atoms with Gasteiger partial charge in [0.1, 0.15) is 5.82 Å². The molecule has 2 aromatic rings. The molecule has 0 radical (unpaired) electrons. The molecule has 1 heterocycles. The van der Waals surface area contributed by atoms with Gasteiger partial charge in [-0.05, 0) is 43.2 Å². The summed E-state index contributed by atoms with van der Waals surface area (Å²) in [6.45, 7) is 0.988. The Labute approximate surface area is 152 Å². The smallest absolute Gasteiger partial charge is 0.255 e. The highest BCUT2D eigenvalue weighted by Crippen LogP contribution is 2.22. The fourth-order valence-corrected chi connectivity index (χ4v) is 4.55. The predicted octanol–water partition coefficient (Wildman–Crippen LogP) is 3.64. The number of amides is 1. The standard InChI is InChI=1S/C19H21FN2O3S/c20-17-10-3-4-11-18(17)21-19(23)15-8-7-9-16(14-15)26(24,25)22-12-5-1-2-6-13-22/h3-4,7-11,14H,1-2,5-6,12-13H2,(H,21,23). The number of sulfonamides is 1.